The van der Waals surface area contributed by atoms with Crippen molar-refractivity contribution in [2.75, 3.05) is 0 Å². The lowest BCUT2D eigenvalue weighted by Gasteiger charge is -1.96. The van der Waals surface area contributed by atoms with Crippen LogP contribution in [0.2, 0.25) is 0 Å². The maximum atomic E-state index is 10.2. The van der Waals surface area contributed by atoms with Gasteiger partial charge in [-0.25, -0.2) is 0 Å². The third-order valence-electron chi connectivity index (χ3n) is 1.19. The van der Waals surface area contributed by atoms with Crippen LogP contribution in [0.25, 0.3) is 0 Å². The van der Waals surface area contributed by atoms with E-state index in [9.17, 15) is 30.3 Å². The Morgan fingerprint density at radius 2 is 1.57 bits per heavy atom. The van der Waals surface area contributed by atoms with Crippen LogP contribution in [0.1, 0.15) is 0 Å². The van der Waals surface area contributed by atoms with Crippen LogP contribution >= 0.6 is 0 Å². The third-order valence-corrected chi connectivity index (χ3v) is 1.19. The fourth-order valence-electron chi connectivity index (χ4n) is 0.699. The molecule has 0 bridgehead atoms. The summed E-state index contributed by atoms with van der Waals surface area (Å²) in [6, 6.07) is 0. The first-order valence-corrected chi connectivity index (χ1v) is 2.91. The van der Waals surface area contributed by atoms with Crippen molar-refractivity contribution in [3.63, 3.8) is 0 Å². The SMILES string of the molecule is O=[N+]([O-])c1n[n-]c([N+](=O)[O-])c1[N+](=O)[O-]. The van der Waals surface area contributed by atoms with Crippen molar-refractivity contribution in [3.05, 3.63) is 30.3 Å². The standard InChI is InChI=1S/C3N5O6/c9-6(10)1-2(7(11)12)4-5-3(1)8(13)14/q-1. The topological polar surface area (TPSA) is 156 Å². The molecule has 0 saturated carbocycles. The lowest BCUT2D eigenvalue weighted by atomic mass is 10.5. The molecule has 0 saturated heterocycles. The predicted octanol–water partition coefficient (Wildman–Crippen LogP) is -0.237. The summed E-state index contributed by atoms with van der Waals surface area (Å²) in [4.78, 5) is 26.8. The molecule has 1 rings (SSSR count). The molecule has 1 aromatic heterocycles. The molecule has 0 radical (unpaired) electrons. The first-order valence-electron chi connectivity index (χ1n) is 2.91. The number of nitrogens with zero attached hydrogens (tertiary/aromatic N) is 5. The summed E-state index contributed by atoms with van der Waals surface area (Å²) in [7, 11) is 0. The van der Waals surface area contributed by atoms with Gasteiger partial charge in [-0.2, -0.15) is 4.92 Å². The van der Waals surface area contributed by atoms with Crippen molar-refractivity contribution in [3.8, 4) is 0 Å². The van der Waals surface area contributed by atoms with Gasteiger partial charge in [0.1, 0.15) is 0 Å². The third kappa shape index (κ3) is 1.33. The number of nitro groups is 3. The molecule has 0 aliphatic rings. The number of rotatable bonds is 3. The highest BCUT2D eigenvalue weighted by molar-refractivity contribution is 5.58. The zero-order chi connectivity index (χ0) is 10.9. The molecule has 0 aliphatic heterocycles. The molecule has 0 amide bonds. The van der Waals surface area contributed by atoms with Crippen molar-refractivity contribution < 1.29 is 14.8 Å². The summed E-state index contributed by atoms with van der Waals surface area (Å²) < 4.78 is 0. The molecule has 0 unspecified atom stereocenters. The first kappa shape index (κ1) is 9.50. The largest absolute Gasteiger partial charge is 0.472 e. The normalized spacial score (nSPS) is 9.71. The molecular formula is C3N5O6-. The van der Waals surface area contributed by atoms with E-state index in [2.05, 4.69) is 10.2 Å². The molecule has 1 heterocycles. The molecule has 0 atom stereocenters. The molecule has 74 valence electrons. The smallest absolute Gasteiger partial charge is 0.459 e. The Balaban J connectivity index is 3.42. The fraction of sp³-hybridized carbons (Fsp3) is 0. The van der Waals surface area contributed by atoms with Crippen LogP contribution in [0.5, 0.6) is 0 Å². The van der Waals surface area contributed by atoms with E-state index in [4.69, 9.17) is 0 Å². The van der Waals surface area contributed by atoms with Crippen LogP contribution in [0.15, 0.2) is 0 Å². The summed E-state index contributed by atoms with van der Waals surface area (Å²) in [6.45, 7) is 0. The Hall–Kier alpha value is -2.59. The minimum absolute atomic E-state index is 1.21. The van der Waals surface area contributed by atoms with Crippen molar-refractivity contribution in [1.82, 2.24) is 10.2 Å². The van der Waals surface area contributed by atoms with Crippen molar-refractivity contribution >= 4 is 17.3 Å². The van der Waals surface area contributed by atoms with Gasteiger partial charge in [-0.1, -0.05) is 0 Å². The Kier molecular flexibility index (Phi) is 2.06. The van der Waals surface area contributed by atoms with Gasteiger partial charge in [-0.15, -0.1) is 0 Å². The monoisotopic (exact) mass is 202 g/mol. The second kappa shape index (κ2) is 3.04. The Morgan fingerprint density at radius 3 is 1.93 bits per heavy atom. The van der Waals surface area contributed by atoms with E-state index in [1.807, 2.05) is 0 Å². The minimum Gasteiger partial charge on any atom is -0.459 e. The van der Waals surface area contributed by atoms with Crippen LogP contribution < -0.4 is 5.10 Å². The van der Waals surface area contributed by atoms with E-state index < -0.39 is 32.1 Å². The summed E-state index contributed by atoms with van der Waals surface area (Å²) in [6.07, 6.45) is 0. The molecule has 0 fully saturated rings. The van der Waals surface area contributed by atoms with Gasteiger partial charge >= 0.3 is 11.5 Å². The van der Waals surface area contributed by atoms with Crippen molar-refractivity contribution in [2.45, 2.75) is 0 Å². The minimum atomic E-state index is -1.31. The van der Waals surface area contributed by atoms with Crippen LogP contribution in [0.4, 0.5) is 17.3 Å². The van der Waals surface area contributed by atoms with Gasteiger partial charge in [0.25, 0.3) is 5.82 Å². The van der Waals surface area contributed by atoms with E-state index in [1.54, 1.807) is 0 Å². The van der Waals surface area contributed by atoms with Crippen LogP contribution in [-0.2, 0) is 0 Å². The maximum Gasteiger partial charge on any atom is 0.472 e. The lowest BCUT2D eigenvalue weighted by Crippen LogP contribution is -1.97. The lowest BCUT2D eigenvalue weighted by molar-refractivity contribution is -0.441. The van der Waals surface area contributed by atoms with Gasteiger partial charge in [-0.3, -0.25) is 10.1 Å². The average Bonchev–Trinajstić information content (AvgIpc) is 2.46. The van der Waals surface area contributed by atoms with E-state index in [0.717, 1.165) is 0 Å². The molecule has 14 heavy (non-hydrogen) atoms. The van der Waals surface area contributed by atoms with Gasteiger partial charge in [0, 0.05) is 0 Å². The predicted molar refractivity (Wildman–Crippen MR) is 37.5 cm³/mol. The zero-order valence-corrected chi connectivity index (χ0v) is 6.19. The number of hydrogen-bond acceptors (Lipinski definition) is 7. The van der Waals surface area contributed by atoms with Gasteiger partial charge in [0.05, 0.1) is 10.0 Å². The highest BCUT2D eigenvalue weighted by Gasteiger charge is 2.36. The molecule has 1 aromatic rings. The molecule has 11 nitrogen and oxygen atoms in total. The average molecular weight is 202 g/mol. The van der Waals surface area contributed by atoms with E-state index in [-0.39, 0.29) is 0 Å². The number of aromatic nitrogens is 2. The second-order valence-corrected chi connectivity index (χ2v) is 1.97. The van der Waals surface area contributed by atoms with E-state index >= 15 is 0 Å². The highest BCUT2D eigenvalue weighted by atomic mass is 16.7. The Bertz CT molecular complexity index is 390. The van der Waals surface area contributed by atoms with E-state index in [0.29, 0.717) is 0 Å². The zero-order valence-electron chi connectivity index (χ0n) is 6.19. The Labute approximate surface area is 73.8 Å². The van der Waals surface area contributed by atoms with Crippen LogP contribution in [0, 0.1) is 30.3 Å². The quantitative estimate of drug-likeness (QED) is 0.479. The second-order valence-electron chi connectivity index (χ2n) is 1.97. The molecule has 0 aliphatic carbocycles. The van der Waals surface area contributed by atoms with Gasteiger partial charge < -0.3 is 20.2 Å². The fourth-order valence-corrected chi connectivity index (χ4v) is 0.699. The summed E-state index contributed by atoms with van der Waals surface area (Å²) in [5, 5.41) is 36.0. The number of hydrogen-bond donors (Lipinski definition) is 0. The van der Waals surface area contributed by atoms with Crippen LogP contribution in [-0.4, -0.2) is 19.9 Å². The summed E-state index contributed by atoms with van der Waals surface area (Å²) >= 11 is 0. The Morgan fingerprint density at radius 1 is 1.00 bits per heavy atom. The van der Waals surface area contributed by atoms with Gasteiger partial charge in [0.2, 0.25) is 0 Å². The van der Waals surface area contributed by atoms with E-state index in [1.165, 1.54) is 0 Å². The van der Waals surface area contributed by atoms with Crippen molar-refractivity contribution in [1.29, 1.82) is 0 Å². The molecule has 0 aromatic carbocycles. The first-order chi connectivity index (χ1) is 6.45. The molecule has 0 spiro atoms. The molecular weight excluding hydrogens is 202 g/mol. The van der Waals surface area contributed by atoms with Gasteiger partial charge in [-0.05, 0) is 10.0 Å². The maximum absolute atomic E-state index is 10.2. The molecule has 0 N–H and O–H groups in total. The van der Waals surface area contributed by atoms with Crippen molar-refractivity contribution in [2.24, 2.45) is 0 Å². The van der Waals surface area contributed by atoms with Crippen LogP contribution in [0.3, 0.4) is 0 Å². The van der Waals surface area contributed by atoms with Gasteiger partial charge in [0.15, 0.2) is 0 Å². The highest BCUT2D eigenvalue weighted by Crippen LogP contribution is 2.32. The molecule has 11 heteroatoms. The summed E-state index contributed by atoms with van der Waals surface area (Å²) in [5.41, 5.74) is -1.31. The summed E-state index contributed by atoms with van der Waals surface area (Å²) in [5.74, 6) is -2.47.